The number of carbonyl (C=O) groups is 1. The number of aromatic nitrogens is 1. The van der Waals surface area contributed by atoms with E-state index in [1.165, 1.54) is 23.3 Å². The van der Waals surface area contributed by atoms with Crippen LogP contribution in [-0.4, -0.2) is 65.6 Å². The number of furan rings is 1. The highest BCUT2D eigenvalue weighted by molar-refractivity contribution is 7.96. The molecule has 0 saturated carbocycles. The van der Waals surface area contributed by atoms with E-state index in [1.807, 2.05) is 51.2 Å². The van der Waals surface area contributed by atoms with Crippen LogP contribution in [0.2, 0.25) is 0 Å². The van der Waals surface area contributed by atoms with Gasteiger partial charge in [0.25, 0.3) is 0 Å². The van der Waals surface area contributed by atoms with Gasteiger partial charge in [-0.25, -0.2) is 9.98 Å². The fourth-order valence-electron chi connectivity index (χ4n) is 3.55. The molecule has 12 heteroatoms. The third-order valence-corrected chi connectivity index (χ3v) is 6.13. The minimum Gasteiger partial charge on any atom is -0.505 e. The molecule has 0 radical (unpaired) electrons. The number of guanidine groups is 1. The maximum Gasteiger partial charge on any atom is 0.241 e. The zero-order chi connectivity index (χ0) is 29.3. The van der Waals surface area contributed by atoms with Gasteiger partial charge < -0.3 is 19.3 Å². The fourth-order valence-corrected chi connectivity index (χ4v) is 4.06. The monoisotopic (exact) mass is 566 g/mol. The number of likely N-dealkylation sites (N-methyl/N-ethyl adjacent to an activating group) is 1. The lowest BCUT2D eigenvalue weighted by atomic mass is 10.2. The second-order valence-corrected chi connectivity index (χ2v) is 8.83. The SMILES string of the molecule is C#C.CC.CN1CCN(c2ccccn2)CC1.Cc1ccc(CN=C2NSNN2Nc2cccc(C=O)c2O)o1. The van der Waals surface area contributed by atoms with E-state index in [1.54, 1.807) is 12.1 Å². The number of benzene rings is 1. The highest BCUT2D eigenvalue weighted by Gasteiger charge is 2.20. The second-order valence-electron chi connectivity index (χ2n) is 8.23. The van der Waals surface area contributed by atoms with Gasteiger partial charge in [-0.05, 0) is 50.4 Å². The molecule has 214 valence electrons. The maximum atomic E-state index is 10.9. The number of nitrogens with zero attached hydrogens (tertiary/aromatic N) is 5. The number of aryl methyl sites for hydroxylation is 1. The third-order valence-electron chi connectivity index (χ3n) is 5.57. The standard InChI is InChI=1S/C14H15N5O3S.C10H15N3.C2H6.C2H2/c1-9-5-6-11(22-9)7-15-14-17-23-18-19(14)16-12-4-2-3-10(8-20)13(12)21;1-12-6-8-13(9-7-12)10-4-2-3-5-11-10;2*1-2/h2-6,8,16,18,21H,7H2,1H3,(H,15,17);2-5H,6-9H2,1H3;1-2H3;1-2H. The number of hydrogen-bond donors (Lipinski definition) is 4. The summed E-state index contributed by atoms with van der Waals surface area (Å²) < 4.78 is 8.44. The van der Waals surface area contributed by atoms with E-state index in [0.717, 1.165) is 43.5 Å². The van der Waals surface area contributed by atoms with Crippen molar-refractivity contribution in [3.05, 3.63) is 71.8 Å². The van der Waals surface area contributed by atoms with Crippen LogP contribution in [0.5, 0.6) is 5.75 Å². The molecule has 0 atom stereocenters. The summed E-state index contributed by atoms with van der Waals surface area (Å²) in [6.45, 7) is 10.7. The molecule has 5 rings (SSSR count). The Balaban J connectivity index is 0.000000279. The molecule has 0 aliphatic carbocycles. The molecule has 4 N–H and O–H groups in total. The number of para-hydroxylation sites is 1. The number of piperazine rings is 1. The summed E-state index contributed by atoms with van der Waals surface area (Å²) in [7, 11) is 2.16. The Labute approximate surface area is 240 Å². The van der Waals surface area contributed by atoms with E-state index < -0.39 is 0 Å². The summed E-state index contributed by atoms with van der Waals surface area (Å²) in [6, 6.07) is 14.7. The number of hydrogen-bond acceptors (Lipinski definition) is 10. The summed E-state index contributed by atoms with van der Waals surface area (Å²) in [5.74, 6) is 3.08. The lowest BCUT2D eigenvalue weighted by molar-refractivity contribution is 0.112. The number of rotatable bonds is 6. The first kappa shape index (κ1) is 32.0. The Morgan fingerprint density at radius 1 is 1.12 bits per heavy atom. The van der Waals surface area contributed by atoms with Crippen molar-refractivity contribution in [3.63, 3.8) is 0 Å². The largest absolute Gasteiger partial charge is 0.505 e. The lowest BCUT2D eigenvalue weighted by Gasteiger charge is -2.33. The number of anilines is 2. The second kappa shape index (κ2) is 17.4. The molecular weight excluding hydrogens is 528 g/mol. The first-order chi connectivity index (χ1) is 19.5. The predicted molar refractivity (Wildman–Crippen MR) is 163 cm³/mol. The smallest absolute Gasteiger partial charge is 0.241 e. The van der Waals surface area contributed by atoms with E-state index in [4.69, 9.17) is 4.42 Å². The number of pyridine rings is 1. The van der Waals surface area contributed by atoms with Gasteiger partial charge in [0.2, 0.25) is 5.96 Å². The first-order valence-electron chi connectivity index (χ1n) is 12.8. The molecule has 40 heavy (non-hydrogen) atoms. The zero-order valence-electron chi connectivity index (χ0n) is 23.4. The summed E-state index contributed by atoms with van der Waals surface area (Å²) in [5.41, 5.74) is 3.53. The average molecular weight is 567 g/mol. The Morgan fingerprint density at radius 2 is 1.88 bits per heavy atom. The van der Waals surface area contributed by atoms with Crippen molar-refractivity contribution in [1.82, 2.24) is 24.6 Å². The van der Waals surface area contributed by atoms with Crippen molar-refractivity contribution in [2.24, 2.45) is 4.99 Å². The summed E-state index contributed by atoms with van der Waals surface area (Å²) in [4.78, 5) is 27.2. The fraction of sp³-hybridized carbons (Fsp3) is 0.321. The highest BCUT2D eigenvalue weighted by Crippen LogP contribution is 2.27. The van der Waals surface area contributed by atoms with Gasteiger partial charge in [-0.1, -0.05) is 26.0 Å². The number of phenolic OH excluding ortho intramolecular Hbond substituents is 1. The molecule has 2 saturated heterocycles. The number of aldehydes is 1. The molecule has 2 aliphatic rings. The van der Waals surface area contributed by atoms with Crippen LogP contribution in [0.1, 0.15) is 35.7 Å². The van der Waals surface area contributed by atoms with Crippen LogP contribution < -0.4 is 19.9 Å². The van der Waals surface area contributed by atoms with Gasteiger partial charge in [0.1, 0.15) is 23.9 Å². The van der Waals surface area contributed by atoms with Gasteiger partial charge in [0.05, 0.1) is 23.4 Å². The van der Waals surface area contributed by atoms with Gasteiger partial charge in [0.15, 0.2) is 12.0 Å². The van der Waals surface area contributed by atoms with E-state index in [0.29, 0.717) is 24.5 Å². The quantitative estimate of drug-likeness (QED) is 0.150. The Bertz CT molecular complexity index is 1210. The minimum atomic E-state index is -0.123. The van der Waals surface area contributed by atoms with Crippen LogP contribution >= 0.6 is 12.1 Å². The van der Waals surface area contributed by atoms with Crippen molar-refractivity contribution in [3.8, 4) is 18.6 Å². The van der Waals surface area contributed by atoms with Crippen molar-refractivity contribution >= 4 is 35.9 Å². The number of aliphatic imine (C=N–C) groups is 1. The molecule has 0 spiro atoms. The van der Waals surface area contributed by atoms with Crippen LogP contribution in [0.15, 0.2) is 64.1 Å². The number of carbonyl (C=O) groups excluding carboxylic acids is 1. The Hall–Kier alpha value is -4.18. The van der Waals surface area contributed by atoms with Gasteiger partial charge in [-0.15, -0.1) is 17.7 Å². The number of hydrazine groups is 2. The van der Waals surface area contributed by atoms with Crippen molar-refractivity contribution in [2.75, 3.05) is 43.6 Å². The molecule has 11 nitrogen and oxygen atoms in total. The molecule has 1 aromatic carbocycles. The molecule has 2 aliphatic heterocycles. The zero-order valence-corrected chi connectivity index (χ0v) is 24.2. The molecule has 2 fully saturated rings. The van der Waals surface area contributed by atoms with E-state index in [-0.39, 0.29) is 11.3 Å². The first-order valence-corrected chi connectivity index (χ1v) is 13.6. The Kier molecular flexibility index (Phi) is 13.9. The summed E-state index contributed by atoms with van der Waals surface area (Å²) in [5, 5.41) is 11.5. The molecule has 3 aromatic rings. The number of nitrogens with one attached hydrogen (secondary N) is 3. The van der Waals surface area contributed by atoms with Crippen molar-refractivity contribution < 1.29 is 14.3 Å². The summed E-state index contributed by atoms with van der Waals surface area (Å²) in [6.07, 6.45) is 10.5. The van der Waals surface area contributed by atoms with Gasteiger partial charge >= 0.3 is 0 Å². The van der Waals surface area contributed by atoms with Gasteiger partial charge in [-0.3, -0.25) is 14.9 Å². The molecule has 0 unspecified atom stereocenters. The van der Waals surface area contributed by atoms with Crippen LogP contribution in [0.3, 0.4) is 0 Å². The molecule has 0 bridgehead atoms. The normalized spacial score (nSPS) is 15.4. The molecule has 2 aromatic heterocycles. The highest BCUT2D eigenvalue weighted by atomic mass is 32.2. The number of terminal acetylenes is 1. The predicted octanol–water partition coefficient (Wildman–Crippen LogP) is 4.07. The van der Waals surface area contributed by atoms with Crippen LogP contribution in [0.4, 0.5) is 11.5 Å². The van der Waals surface area contributed by atoms with Crippen LogP contribution in [0.25, 0.3) is 0 Å². The topological polar surface area (TPSA) is 122 Å². The van der Waals surface area contributed by atoms with Crippen LogP contribution in [0, 0.1) is 19.8 Å². The molecular formula is C28H38N8O3S. The molecule has 4 heterocycles. The van der Waals surface area contributed by atoms with Crippen LogP contribution in [-0.2, 0) is 6.54 Å². The maximum absolute atomic E-state index is 10.9. The minimum absolute atomic E-state index is 0.123. The van der Waals surface area contributed by atoms with E-state index >= 15 is 0 Å². The molecule has 0 amide bonds. The van der Waals surface area contributed by atoms with Crippen molar-refractivity contribution in [2.45, 2.75) is 27.3 Å². The number of phenols is 1. The average Bonchev–Trinajstić information content (AvgIpc) is 3.64. The van der Waals surface area contributed by atoms with Gasteiger partial charge in [0, 0.05) is 32.4 Å². The Morgan fingerprint density at radius 3 is 2.50 bits per heavy atom. The lowest BCUT2D eigenvalue weighted by Crippen LogP contribution is -2.44. The van der Waals surface area contributed by atoms with Gasteiger partial charge in [-0.2, -0.15) is 5.12 Å². The van der Waals surface area contributed by atoms with E-state index in [2.05, 4.69) is 60.7 Å². The van der Waals surface area contributed by atoms with E-state index in [9.17, 15) is 9.90 Å². The number of aromatic hydroxyl groups is 1. The third kappa shape index (κ3) is 9.53. The summed E-state index contributed by atoms with van der Waals surface area (Å²) >= 11 is 1.22. The van der Waals surface area contributed by atoms with Crippen molar-refractivity contribution in [1.29, 1.82) is 0 Å².